The van der Waals surface area contributed by atoms with Crippen molar-refractivity contribution < 1.29 is 14.6 Å². The zero-order valence-corrected chi connectivity index (χ0v) is 12.9. The molecular weight excluding hydrogens is 264 g/mol. The smallest absolute Gasteiger partial charge is 0.371 e. The van der Waals surface area contributed by atoms with Crippen LogP contribution in [0.1, 0.15) is 57.4 Å². The van der Waals surface area contributed by atoms with Gasteiger partial charge in [-0.1, -0.05) is 63.6 Å². The highest BCUT2D eigenvalue weighted by atomic mass is 16.5. The highest BCUT2D eigenvalue weighted by molar-refractivity contribution is 5.84. The Hall–Kier alpha value is -1.77. The molecule has 1 aromatic rings. The van der Waals surface area contributed by atoms with Crippen LogP contribution in [0.25, 0.3) is 0 Å². The van der Waals surface area contributed by atoms with Gasteiger partial charge in [-0.2, -0.15) is 0 Å². The lowest BCUT2D eigenvalue weighted by Crippen LogP contribution is -2.07. The number of carboxylic acids is 1. The van der Waals surface area contributed by atoms with E-state index in [1.165, 1.54) is 38.5 Å². The van der Waals surface area contributed by atoms with Crippen LogP contribution in [0.15, 0.2) is 36.6 Å². The van der Waals surface area contributed by atoms with Crippen LogP contribution in [-0.2, 0) is 11.2 Å². The van der Waals surface area contributed by atoms with Crippen molar-refractivity contribution in [2.75, 3.05) is 0 Å². The third-order valence-electron chi connectivity index (χ3n) is 3.49. The minimum Gasteiger partial charge on any atom is -0.475 e. The Labute approximate surface area is 127 Å². The Balaban J connectivity index is 2.37. The van der Waals surface area contributed by atoms with Crippen LogP contribution in [0.4, 0.5) is 0 Å². The van der Waals surface area contributed by atoms with E-state index in [1.807, 2.05) is 18.2 Å². The van der Waals surface area contributed by atoms with Crippen molar-refractivity contribution in [1.82, 2.24) is 0 Å². The van der Waals surface area contributed by atoms with E-state index in [1.54, 1.807) is 6.07 Å². The maximum atomic E-state index is 10.8. The Kier molecular flexibility index (Phi) is 8.25. The van der Waals surface area contributed by atoms with E-state index in [2.05, 4.69) is 13.5 Å². The van der Waals surface area contributed by atoms with E-state index in [9.17, 15) is 4.79 Å². The molecule has 0 atom stereocenters. The van der Waals surface area contributed by atoms with Crippen molar-refractivity contribution in [3.63, 3.8) is 0 Å². The number of ether oxygens (including phenoxy) is 1. The van der Waals surface area contributed by atoms with Gasteiger partial charge in [-0.15, -0.1) is 0 Å². The van der Waals surface area contributed by atoms with Crippen LogP contribution in [0.2, 0.25) is 0 Å². The average Bonchev–Trinajstić information content (AvgIpc) is 2.47. The predicted octanol–water partition coefficient (Wildman–Crippen LogP) is 4.96. The van der Waals surface area contributed by atoms with Gasteiger partial charge < -0.3 is 9.84 Å². The van der Waals surface area contributed by atoms with Crippen molar-refractivity contribution in [2.45, 2.75) is 58.3 Å². The number of unbranched alkanes of at least 4 members (excludes halogenated alkanes) is 6. The van der Waals surface area contributed by atoms with Crippen molar-refractivity contribution in [2.24, 2.45) is 0 Å². The van der Waals surface area contributed by atoms with Crippen molar-refractivity contribution in [3.05, 3.63) is 42.2 Å². The molecule has 0 aliphatic rings. The van der Waals surface area contributed by atoms with E-state index in [0.29, 0.717) is 5.75 Å². The van der Waals surface area contributed by atoms with Crippen LogP contribution in [0, 0.1) is 0 Å². The molecule has 21 heavy (non-hydrogen) atoms. The number of benzene rings is 1. The first-order valence-electron chi connectivity index (χ1n) is 7.83. The minimum absolute atomic E-state index is 0.234. The molecule has 116 valence electrons. The molecule has 0 aliphatic carbocycles. The zero-order chi connectivity index (χ0) is 15.5. The maximum absolute atomic E-state index is 10.8. The van der Waals surface area contributed by atoms with Crippen molar-refractivity contribution in [1.29, 1.82) is 0 Å². The molecule has 0 saturated carbocycles. The zero-order valence-electron chi connectivity index (χ0n) is 12.9. The van der Waals surface area contributed by atoms with Gasteiger partial charge in [-0.05, 0) is 31.1 Å². The molecule has 0 saturated heterocycles. The lowest BCUT2D eigenvalue weighted by atomic mass is 10.0. The SMILES string of the molecule is C=C(Oc1ccccc1CCCCCCCCC)C(=O)O. The second-order valence-corrected chi connectivity index (χ2v) is 5.31. The number of hydrogen-bond donors (Lipinski definition) is 1. The summed E-state index contributed by atoms with van der Waals surface area (Å²) in [4.78, 5) is 10.8. The molecule has 1 N–H and O–H groups in total. The summed E-state index contributed by atoms with van der Waals surface area (Å²) in [5.74, 6) is -0.751. The molecule has 1 aromatic carbocycles. The molecule has 1 rings (SSSR count). The van der Waals surface area contributed by atoms with Gasteiger partial charge in [-0.3, -0.25) is 0 Å². The quantitative estimate of drug-likeness (QED) is 0.356. The lowest BCUT2D eigenvalue weighted by Gasteiger charge is -2.10. The van der Waals surface area contributed by atoms with Crippen LogP contribution in [0.5, 0.6) is 5.75 Å². The summed E-state index contributed by atoms with van der Waals surface area (Å²) >= 11 is 0. The normalized spacial score (nSPS) is 10.3. The van der Waals surface area contributed by atoms with Gasteiger partial charge in [0.05, 0.1) is 0 Å². The van der Waals surface area contributed by atoms with E-state index in [4.69, 9.17) is 9.84 Å². The fourth-order valence-electron chi connectivity index (χ4n) is 2.26. The Morgan fingerprint density at radius 1 is 1.10 bits per heavy atom. The molecule has 0 fully saturated rings. The third-order valence-corrected chi connectivity index (χ3v) is 3.49. The molecular formula is C18H26O3. The number of carbonyl (C=O) groups is 1. The topological polar surface area (TPSA) is 46.5 Å². The van der Waals surface area contributed by atoms with Crippen LogP contribution < -0.4 is 4.74 Å². The Bertz CT molecular complexity index is 452. The molecule has 3 nitrogen and oxygen atoms in total. The molecule has 0 amide bonds. The van der Waals surface area contributed by atoms with Crippen LogP contribution in [0.3, 0.4) is 0 Å². The summed E-state index contributed by atoms with van der Waals surface area (Å²) in [6.07, 6.45) is 9.73. The highest BCUT2D eigenvalue weighted by Crippen LogP contribution is 2.22. The number of para-hydroxylation sites is 1. The molecule has 3 heteroatoms. The van der Waals surface area contributed by atoms with Gasteiger partial charge in [0.15, 0.2) is 0 Å². The van der Waals surface area contributed by atoms with Gasteiger partial charge in [-0.25, -0.2) is 4.79 Å². The molecule has 0 spiro atoms. The molecule has 0 aromatic heterocycles. The molecule has 0 bridgehead atoms. The van der Waals surface area contributed by atoms with Gasteiger partial charge in [0.2, 0.25) is 5.76 Å². The molecule has 0 heterocycles. The standard InChI is InChI=1S/C18H26O3/c1-3-4-5-6-7-8-9-12-16-13-10-11-14-17(16)21-15(2)18(19)20/h10-11,13-14H,2-9,12H2,1H3,(H,19,20). The van der Waals surface area contributed by atoms with Gasteiger partial charge in [0.1, 0.15) is 5.75 Å². The second-order valence-electron chi connectivity index (χ2n) is 5.31. The van der Waals surface area contributed by atoms with Crippen molar-refractivity contribution in [3.8, 4) is 5.75 Å². The molecule has 0 aliphatic heterocycles. The van der Waals surface area contributed by atoms with Crippen LogP contribution >= 0.6 is 0 Å². The van der Waals surface area contributed by atoms with Gasteiger partial charge in [0.25, 0.3) is 0 Å². The Morgan fingerprint density at radius 3 is 2.38 bits per heavy atom. The first-order valence-corrected chi connectivity index (χ1v) is 7.83. The largest absolute Gasteiger partial charge is 0.475 e. The summed E-state index contributed by atoms with van der Waals surface area (Å²) in [6, 6.07) is 7.58. The monoisotopic (exact) mass is 290 g/mol. The number of aliphatic carboxylic acids is 1. The average molecular weight is 290 g/mol. The van der Waals surface area contributed by atoms with Crippen LogP contribution in [-0.4, -0.2) is 11.1 Å². The summed E-state index contributed by atoms with van der Waals surface area (Å²) in [6.45, 7) is 5.63. The number of rotatable bonds is 11. The Morgan fingerprint density at radius 2 is 1.71 bits per heavy atom. The predicted molar refractivity (Wildman–Crippen MR) is 85.5 cm³/mol. The van der Waals surface area contributed by atoms with E-state index in [0.717, 1.165) is 18.4 Å². The second kappa shape index (κ2) is 10.0. The first kappa shape index (κ1) is 17.3. The summed E-state index contributed by atoms with van der Waals surface area (Å²) in [7, 11) is 0. The fraction of sp³-hybridized carbons (Fsp3) is 0.500. The van der Waals surface area contributed by atoms with Crippen molar-refractivity contribution >= 4 is 5.97 Å². The molecule has 0 radical (unpaired) electrons. The van der Waals surface area contributed by atoms with E-state index < -0.39 is 5.97 Å². The number of hydrogen-bond acceptors (Lipinski definition) is 2. The summed E-state index contributed by atoms with van der Waals surface area (Å²) in [5, 5.41) is 8.83. The van der Waals surface area contributed by atoms with Gasteiger partial charge in [0, 0.05) is 0 Å². The van der Waals surface area contributed by atoms with E-state index >= 15 is 0 Å². The molecule has 0 unspecified atom stereocenters. The van der Waals surface area contributed by atoms with E-state index in [-0.39, 0.29) is 5.76 Å². The number of carboxylic acid groups (broad SMARTS) is 1. The summed E-state index contributed by atoms with van der Waals surface area (Å²) < 4.78 is 5.32. The number of aryl methyl sites for hydroxylation is 1. The fourth-order valence-corrected chi connectivity index (χ4v) is 2.26. The summed E-state index contributed by atoms with van der Waals surface area (Å²) in [5.41, 5.74) is 1.05. The maximum Gasteiger partial charge on any atom is 0.371 e. The third kappa shape index (κ3) is 6.98. The highest BCUT2D eigenvalue weighted by Gasteiger charge is 2.09. The minimum atomic E-state index is -1.12. The first-order chi connectivity index (χ1) is 10.1. The lowest BCUT2D eigenvalue weighted by molar-refractivity contribution is -0.135. The van der Waals surface area contributed by atoms with Gasteiger partial charge >= 0.3 is 5.97 Å².